The maximum atomic E-state index is 3.89. The molecule has 4 heteroatoms. The van der Waals surface area contributed by atoms with E-state index in [1.807, 2.05) is 18.0 Å². The van der Waals surface area contributed by atoms with Crippen molar-refractivity contribution in [1.29, 1.82) is 0 Å². The summed E-state index contributed by atoms with van der Waals surface area (Å²) in [7, 11) is 4.26. The molecule has 0 bridgehead atoms. The topological polar surface area (TPSA) is 18.5 Å². The average molecular weight is 334 g/mol. The normalized spacial score (nSPS) is 24.3. The summed E-state index contributed by atoms with van der Waals surface area (Å²) >= 11 is 1.96. The molecule has 2 heterocycles. The Bertz CT molecular complexity index is 485. The van der Waals surface area contributed by atoms with Crippen LogP contribution in [0.5, 0.6) is 0 Å². The van der Waals surface area contributed by atoms with E-state index in [9.17, 15) is 0 Å². The number of allylic oxidation sites excluding steroid dienone is 3. The van der Waals surface area contributed by atoms with E-state index in [4.69, 9.17) is 0 Å². The lowest BCUT2D eigenvalue weighted by Crippen LogP contribution is -2.17. The summed E-state index contributed by atoms with van der Waals surface area (Å²) < 4.78 is 2.49. The fraction of sp³-hybridized carbons (Fsp3) is 0.579. The first kappa shape index (κ1) is 18.4. The first-order chi connectivity index (χ1) is 11.1. The first-order valence-electron chi connectivity index (χ1n) is 8.61. The third-order valence-corrected chi connectivity index (χ3v) is 5.52. The van der Waals surface area contributed by atoms with Gasteiger partial charge in [0.15, 0.2) is 0 Å². The van der Waals surface area contributed by atoms with Gasteiger partial charge in [0, 0.05) is 37.6 Å². The van der Waals surface area contributed by atoms with E-state index in [0.29, 0.717) is 6.04 Å². The lowest BCUT2D eigenvalue weighted by atomic mass is 9.98. The van der Waals surface area contributed by atoms with Crippen LogP contribution in [0, 0.1) is 0 Å². The standard InChI is InChI=1S/C19H31N3S/c1-5-8-17(15-23-22-10-6-7-11-22)13-19-16(2)20-14-18(19)9-12-21(3)4/h5,8,13-14,16,20H,1,6-7,9-12,15H2,2-4H3/b17-8+,19-13+. The molecule has 3 nitrogen and oxygen atoms in total. The lowest BCUT2D eigenvalue weighted by molar-refractivity contribution is 0.414. The molecule has 1 fully saturated rings. The van der Waals surface area contributed by atoms with Gasteiger partial charge < -0.3 is 10.2 Å². The molecule has 0 radical (unpaired) electrons. The summed E-state index contributed by atoms with van der Waals surface area (Å²) in [6, 6.07) is 0.400. The van der Waals surface area contributed by atoms with Crippen molar-refractivity contribution >= 4 is 11.9 Å². The quantitative estimate of drug-likeness (QED) is 0.540. The van der Waals surface area contributed by atoms with Crippen LogP contribution in [0.2, 0.25) is 0 Å². The minimum absolute atomic E-state index is 0.400. The Kier molecular flexibility index (Phi) is 7.47. The van der Waals surface area contributed by atoms with Crippen LogP contribution in [0.4, 0.5) is 0 Å². The predicted molar refractivity (Wildman–Crippen MR) is 103 cm³/mol. The van der Waals surface area contributed by atoms with Crippen molar-refractivity contribution in [2.24, 2.45) is 0 Å². The molecule has 0 aromatic carbocycles. The zero-order chi connectivity index (χ0) is 16.7. The summed E-state index contributed by atoms with van der Waals surface area (Å²) in [4.78, 5) is 2.24. The zero-order valence-electron chi connectivity index (χ0n) is 14.8. The van der Waals surface area contributed by atoms with Crippen LogP contribution < -0.4 is 5.32 Å². The van der Waals surface area contributed by atoms with Gasteiger partial charge in [-0.1, -0.05) is 36.8 Å². The van der Waals surface area contributed by atoms with Crippen LogP contribution in [-0.2, 0) is 0 Å². The van der Waals surface area contributed by atoms with E-state index < -0.39 is 0 Å². The van der Waals surface area contributed by atoms with Crippen molar-refractivity contribution in [3.8, 4) is 0 Å². The Hall–Kier alpha value is -0.970. The van der Waals surface area contributed by atoms with Crippen molar-refractivity contribution in [2.75, 3.05) is 39.5 Å². The fourth-order valence-electron chi connectivity index (χ4n) is 2.93. The molecule has 0 aliphatic carbocycles. The molecule has 2 aliphatic rings. The highest BCUT2D eigenvalue weighted by Crippen LogP contribution is 2.27. The highest BCUT2D eigenvalue weighted by molar-refractivity contribution is 7.97. The molecular weight excluding hydrogens is 302 g/mol. The maximum Gasteiger partial charge on any atom is 0.0483 e. The summed E-state index contributed by atoms with van der Waals surface area (Å²) in [6.45, 7) is 9.67. The molecule has 0 aromatic heterocycles. The van der Waals surface area contributed by atoms with Crippen molar-refractivity contribution in [3.05, 3.63) is 47.7 Å². The Balaban J connectivity index is 2.01. The molecule has 1 unspecified atom stereocenters. The molecule has 1 N–H and O–H groups in total. The minimum atomic E-state index is 0.400. The average Bonchev–Trinajstić information content (AvgIpc) is 3.14. The van der Waals surface area contributed by atoms with Crippen molar-refractivity contribution in [3.63, 3.8) is 0 Å². The predicted octanol–water partition coefficient (Wildman–Crippen LogP) is 3.60. The highest BCUT2D eigenvalue weighted by Gasteiger charge is 2.19. The van der Waals surface area contributed by atoms with Gasteiger partial charge in [-0.3, -0.25) is 4.31 Å². The number of nitrogens with one attached hydrogen (secondary N) is 1. The van der Waals surface area contributed by atoms with Crippen molar-refractivity contribution in [1.82, 2.24) is 14.5 Å². The molecule has 0 saturated carbocycles. The van der Waals surface area contributed by atoms with Crippen molar-refractivity contribution < 1.29 is 0 Å². The van der Waals surface area contributed by atoms with E-state index in [1.165, 1.54) is 42.7 Å². The second-order valence-corrected chi connectivity index (χ2v) is 7.66. The highest BCUT2D eigenvalue weighted by atomic mass is 32.2. The number of hydrogen-bond donors (Lipinski definition) is 1. The van der Waals surface area contributed by atoms with E-state index >= 15 is 0 Å². The summed E-state index contributed by atoms with van der Waals surface area (Å²) in [6.07, 6.45) is 12.4. The second-order valence-electron chi connectivity index (χ2n) is 6.60. The Morgan fingerprint density at radius 3 is 2.83 bits per heavy atom. The van der Waals surface area contributed by atoms with E-state index in [1.54, 1.807) is 0 Å². The van der Waals surface area contributed by atoms with Gasteiger partial charge in [0.25, 0.3) is 0 Å². The van der Waals surface area contributed by atoms with E-state index in [0.717, 1.165) is 18.7 Å². The van der Waals surface area contributed by atoms with Gasteiger partial charge in [0.1, 0.15) is 0 Å². The van der Waals surface area contributed by atoms with Crippen molar-refractivity contribution in [2.45, 2.75) is 32.2 Å². The number of hydrogen-bond acceptors (Lipinski definition) is 4. The molecule has 0 spiro atoms. The molecule has 1 saturated heterocycles. The van der Waals surface area contributed by atoms with E-state index in [2.05, 4.69) is 60.5 Å². The van der Waals surface area contributed by atoms with Gasteiger partial charge in [0.2, 0.25) is 0 Å². The second kappa shape index (κ2) is 9.36. The number of rotatable bonds is 8. The number of nitrogens with zero attached hydrogens (tertiary/aromatic N) is 2. The summed E-state index contributed by atoms with van der Waals surface area (Å²) in [5.41, 5.74) is 4.23. The first-order valence-corrected chi connectivity index (χ1v) is 9.55. The van der Waals surface area contributed by atoms with Gasteiger partial charge in [-0.15, -0.1) is 0 Å². The van der Waals surface area contributed by atoms with E-state index in [-0.39, 0.29) is 0 Å². The summed E-state index contributed by atoms with van der Waals surface area (Å²) in [5, 5.41) is 3.47. The zero-order valence-corrected chi connectivity index (χ0v) is 15.7. The molecule has 0 amide bonds. The molecule has 0 aromatic rings. The Labute approximate surface area is 146 Å². The maximum absolute atomic E-state index is 3.89. The fourth-order valence-corrected chi connectivity index (χ4v) is 3.95. The Morgan fingerprint density at radius 2 is 2.17 bits per heavy atom. The molecule has 23 heavy (non-hydrogen) atoms. The van der Waals surface area contributed by atoms with Gasteiger partial charge >= 0.3 is 0 Å². The third kappa shape index (κ3) is 5.87. The lowest BCUT2D eigenvalue weighted by Gasteiger charge is -2.16. The van der Waals surface area contributed by atoms with Gasteiger partial charge in [-0.2, -0.15) is 0 Å². The van der Waals surface area contributed by atoms with Crippen LogP contribution in [-0.4, -0.2) is 54.7 Å². The monoisotopic (exact) mass is 333 g/mol. The van der Waals surface area contributed by atoms with Crippen LogP contribution in [0.3, 0.4) is 0 Å². The minimum Gasteiger partial charge on any atom is -0.384 e. The van der Waals surface area contributed by atoms with Crippen LogP contribution in [0.25, 0.3) is 0 Å². The smallest absolute Gasteiger partial charge is 0.0483 e. The van der Waals surface area contributed by atoms with Crippen LogP contribution in [0.15, 0.2) is 47.7 Å². The SMILES string of the molecule is C=C/C=C(\C=C1\C(CCN(C)C)=CNC1C)CSN1CCCC1. The van der Waals surface area contributed by atoms with Crippen LogP contribution in [0.1, 0.15) is 26.2 Å². The molecular formula is C19H31N3S. The van der Waals surface area contributed by atoms with Crippen LogP contribution >= 0.6 is 11.9 Å². The van der Waals surface area contributed by atoms with Gasteiger partial charge in [-0.25, -0.2) is 0 Å². The molecule has 128 valence electrons. The van der Waals surface area contributed by atoms with Gasteiger partial charge in [-0.05, 0) is 57.0 Å². The molecule has 1 atom stereocenters. The summed E-state index contributed by atoms with van der Waals surface area (Å²) in [5.74, 6) is 1.03. The largest absolute Gasteiger partial charge is 0.384 e. The molecule has 2 aliphatic heterocycles. The van der Waals surface area contributed by atoms with Gasteiger partial charge in [0.05, 0.1) is 0 Å². The Morgan fingerprint density at radius 1 is 1.43 bits per heavy atom. The molecule has 2 rings (SSSR count). The third-order valence-electron chi connectivity index (χ3n) is 4.32.